The summed E-state index contributed by atoms with van der Waals surface area (Å²) in [5, 5.41) is 3.53. The van der Waals surface area contributed by atoms with Crippen molar-refractivity contribution in [3.63, 3.8) is 0 Å². The fourth-order valence-electron chi connectivity index (χ4n) is 3.11. The molecule has 0 unspecified atom stereocenters. The summed E-state index contributed by atoms with van der Waals surface area (Å²) in [7, 11) is 0. The number of likely N-dealkylation sites (tertiary alicyclic amines) is 1. The van der Waals surface area contributed by atoms with Crippen molar-refractivity contribution in [2.45, 2.75) is 58.6 Å². The van der Waals surface area contributed by atoms with Gasteiger partial charge in [-0.1, -0.05) is 0 Å². The largest absolute Gasteiger partial charge is 0.444 e. The molecule has 0 aromatic carbocycles. The molecule has 1 N–H and O–H groups in total. The molecule has 4 heteroatoms. The molecule has 2 aliphatic heterocycles. The van der Waals surface area contributed by atoms with Gasteiger partial charge in [-0.25, -0.2) is 4.79 Å². The van der Waals surface area contributed by atoms with Crippen molar-refractivity contribution < 1.29 is 9.53 Å². The molecule has 0 aromatic rings. The van der Waals surface area contributed by atoms with Crippen molar-refractivity contribution >= 4 is 6.09 Å². The van der Waals surface area contributed by atoms with Crippen molar-refractivity contribution in [3.05, 3.63) is 0 Å². The van der Waals surface area contributed by atoms with Crippen LogP contribution in [-0.2, 0) is 4.74 Å². The Morgan fingerprint density at radius 1 is 1.28 bits per heavy atom. The molecular formula is C14H26N2O2. The standard InChI is InChI=1S/C14H26N2O2/c1-11-14(5-8-15-11)6-9-16(10-7-14)12(17)18-13(2,3)4/h11,15H,5-10H2,1-4H3/t11-/m1/s1. The third kappa shape index (κ3) is 2.79. The molecule has 2 rings (SSSR count). The lowest BCUT2D eigenvalue weighted by Crippen LogP contribution is -2.48. The highest BCUT2D eigenvalue weighted by atomic mass is 16.6. The maximum absolute atomic E-state index is 12.0. The predicted molar refractivity (Wildman–Crippen MR) is 71.6 cm³/mol. The first kappa shape index (κ1) is 13.7. The normalized spacial score (nSPS) is 27.6. The molecular weight excluding hydrogens is 228 g/mol. The van der Waals surface area contributed by atoms with Gasteiger partial charge in [0, 0.05) is 19.1 Å². The number of nitrogens with zero attached hydrogens (tertiary/aromatic N) is 1. The molecule has 4 nitrogen and oxygen atoms in total. The Morgan fingerprint density at radius 3 is 2.33 bits per heavy atom. The summed E-state index contributed by atoms with van der Waals surface area (Å²) in [5.74, 6) is 0. The average molecular weight is 254 g/mol. The van der Waals surface area contributed by atoms with Crippen LogP contribution in [0.15, 0.2) is 0 Å². The lowest BCUT2D eigenvalue weighted by molar-refractivity contribution is 0.00899. The second-order valence-electron chi connectivity index (χ2n) is 6.76. The molecule has 0 aromatic heterocycles. The van der Waals surface area contributed by atoms with Gasteiger partial charge in [-0.2, -0.15) is 0 Å². The highest BCUT2D eigenvalue weighted by Crippen LogP contribution is 2.41. The predicted octanol–water partition coefficient (Wildman–Crippen LogP) is 2.39. The molecule has 0 aliphatic carbocycles. The lowest BCUT2D eigenvalue weighted by atomic mass is 9.73. The zero-order valence-corrected chi connectivity index (χ0v) is 12.1. The van der Waals surface area contributed by atoms with Crippen LogP contribution >= 0.6 is 0 Å². The van der Waals surface area contributed by atoms with Gasteiger partial charge in [-0.05, 0) is 58.9 Å². The Hall–Kier alpha value is -0.770. The number of carbonyl (C=O) groups excluding carboxylic acids is 1. The monoisotopic (exact) mass is 254 g/mol. The molecule has 0 radical (unpaired) electrons. The summed E-state index contributed by atoms with van der Waals surface area (Å²) < 4.78 is 5.43. The Morgan fingerprint density at radius 2 is 1.89 bits per heavy atom. The van der Waals surface area contributed by atoms with Crippen molar-refractivity contribution in [2.24, 2.45) is 5.41 Å². The molecule has 104 valence electrons. The summed E-state index contributed by atoms with van der Waals surface area (Å²) in [6.45, 7) is 10.8. The number of nitrogens with one attached hydrogen (secondary N) is 1. The van der Waals surface area contributed by atoms with E-state index in [-0.39, 0.29) is 6.09 Å². The van der Waals surface area contributed by atoms with Crippen LogP contribution in [0, 0.1) is 5.41 Å². The molecule has 2 fully saturated rings. The van der Waals surface area contributed by atoms with Gasteiger partial charge < -0.3 is 15.0 Å². The minimum Gasteiger partial charge on any atom is -0.444 e. The summed E-state index contributed by atoms with van der Waals surface area (Å²) in [6, 6.07) is 0.582. The molecule has 2 saturated heterocycles. The Kier molecular flexibility index (Phi) is 3.58. The van der Waals surface area contributed by atoms with E-state index in [1.54, 1.807) is 0 Å². The Balaban J connectivity index is 1.89. The van der Waals surface area contributed by atoms with E-state index in [2.05, 4.69) is 12.2 Å². The van der Waals surface area contributed by atoms with E-state index in [0.29, 0.717) is 11.5 Å². The Labute approximate surface area is 110 Å². The number of amides is 1. The molecule has 2 aliphatic rings. The molecule has 1 amide bonds. The SMILES string of the molecule is C[C@H]1NCCC12CCN(C(=O)OC(C)(C)C)CC2. The quantitative estimate of drug-likeness (QED) is 0.721. The van der Waals surface area contributed by atoms with E-state index in [4.69, 9.17) is 4.74 Å². The number of rotatable bonds is 0. The van der Waals surface area contributed by atoms with Crippen molar-refractivity contribution in [3.8, 4) is 0 Å². The van der Waals surface area contributed by atoms with E-state index in [9.17, 15) is 4.79 Å². The molecule has 0 bridgehead atoms. The van der Waals surface area contributed by atoms with Crippen molar-refractivity contribution in [2.75, 3.05) is 19.6 Å². The second kappa shape index (κ2) is 4.72. The number of piperidine rings is 1. The minimum atomic E-state index is -0.394. The molecule has 2 heterocycles. The third-order valence-corrected chi connectivity index (χ3v) is 4.40. The zero-order valence-electron chi connectivity index (χ0n) is 12.1. The van der Waals surface area contributed by atoms with E-state index in [0.717, 1.165) is 32.5 Å². The van der Waals surface area contributed by atoms with Crippen LogP contribution in [0.2, 0.25) is 0 Å². The van der Waals surface area contributed by atoms with Gasteiger partial charge in [0.05, 0.1) is 0 Å². The second-order valence-corrected chi connectivity index (χ2v) is 6.76. The summed E-state index contributed by atoms with van der Waals surface area (Å²) in [5.41, 5.74) is 0.0208. The van der Waals surface area contributed by atoms with E-state index in [1.165, 1.54) is 6.42 Å². The first-order chi connectivity index (χ1) is 8.32. The minimum absolute atomic E-state index is 0.157. The fraction of sp³-hybridized carbons (Fsp3) is 0.929. The molecule has 0 saturated carbocycles. The Bertz CT molecular complexity index is 314. The fourth-order valence-corrected chi connectivity index (χ4v) is 3.11. The summed E-state index contributed by atoms with van der Waals surface area (Å²) >= 11 is 0. The molecule has 1 atom stereocenters. The van der Waals surface area contributed by atoms with E-state index in [1.807, 2.05) is 25.7 Å². The van der Waals surface area contributed by atoms with Crippen LogP contribution in [0.5, 0.6) is 0 Å². The maximum Gasteiger partial charge on any atom is 0.410 e. The van der Waals surface area contributed by atoms with Gasteiger partial charge in [0.25, 0.3) is 0 Å². The maximum atomic E-state index is 12.0. The van der Waals surface area contributed by atoms with Crippen LogP contribution in [0.3, 0.4) is 0 Å². The molecule has 18 heavy (non-hydrogen) atoms. The van der Waals surface area contributed by atoms with Gasteiger partial charge in [-0.3, -0.25) is 0 Å². The number of ether oxygens (including phenoxy) is 1. The zero-order chi connectivity index (χ0) is 13.4. The van der Waals surface area contributed by atoms with Crippen LogP contribution in [0.1, 0.15) is 47.0 Å². The van der Waals surface area contributed by atoms with Crippen LogP contribution in [0.4, 0.5) is 4.79 Å². The lowest BCUT2D eigenvalue weighted by Gasteiger charge is -2.41. The van der Waals surface area contributed by atoms with Crippen LogP contribution < -0.4 is 5.32 Å². The average Bonchev–Trinajstić information content (AvgIpc) is 2.59. The van der Waals surface area contributed by atoms with E-state index >= 15 is 0 Å². The molecule has 1 spiro atoms. The van der Waals surface area contributed by atoms with Crippen molar-refractivity contribution in [1.82, 2.24) is 10.2 Å². The van der Waals surface area contributed by atoms with Gasteiger partial charge in [0.1, 0.15) is 5.60 Å². The third-order valence-electron chi connectivity index (χ3n) is 4.40. The summed E-state index contributed by atoms with van der Waals surface area (Å²) in [4.78, 5) is 13.8. The van der Waals surface area contributed by atoms with Gasteiger partial charge in [0.2, 0.25) is 0 Å². The van der Waals surface area contributed by atoms with Crippen LogP contribution in [0.25, 0.3) is 0 Å². The highest BCUT2D eigenvalue weighted by Gasteiger charge is 2.43. The van der Waals surface area contributed by atoms with Gasteiger partial charge in [0.15, 0.2) is 0 Å². The van der Waals surface area contributed by atoms with Crippen molar-refractivity contribution in [1.29, 1.82) is 0 Å². The van der Waals surface area contributed by atoms with E-state index < -0.39 is 5.60 Å². The van der Waals surface area contributed by atoms with Gasteiger partial charge >= 0.3 is 6.09 Å². The first-order valence-electron chi connectivity index (χ1n) is 7.04. The van der Waals surface area contributed by atoms with Gasteiger partial charge in [-0.15, -0.1) is 0 Å². The summed E-state index contributed by atoms with van der Waals surface area (Å²) in [6.07, 6.45) is 3.29. The first-order valence-corrected chi connectivity index (χ1v) is 7.04. The number of hydrogen-bond donors (Lipinski definition) is 1. The number of hydrogen-bond acceptors (Lipinski definition) is 3. The smallest absolute Gasteiger partial charge is 0.410 e. The number of carbonyl (C=O) groups is 1. The topological polar surface area (TPSA) is 41.6 Å². The van der Waals surface area contributed by atoms with Crippen LogP contribution in [-0.4, -0.2) is 42.3 Å². The highest BCUT2D eigenvalue weighted by molar-refractivity contribution is 5.68.